The molecule has 32 heavy (non-hydrogen) atoms. The molecule has 184 valence electrons. The van der Waals surface area contributed by atoms with Gasteiger partial charge in [-0.3, -0.25) is 4.79 Å². The van der Waals surface area contributed by atoms with Crippen LogP contribution in [0.5, 0.6) is 0 Å². The molecule has 0 aliphatic heterocycles. The van der Waals surface area contributed by atoms with Gasteiger partial charge in [-0.05, 0) is 68.8 Å². The van der Waals surface area contributed by atoms with Gasteiger partial charge < -0.3 is 14.6 Å². The quantitative estimate of drug-likeness (QED) is 0.143. The molecule has 2 N–H and O–H groups in total. The predicted octanol–water partition coefficient (Wildman–Crippen LogP) is 7.89. The third kappa shape index (κ3) is 11.3. The molecule has 1 rings (SSSR count). The van der Waals surface area contributed by atoms with Gasteiger partial charge >= 0.3 is 5.97 Å². The molecule has 0 saturated carbocycles. The Balaban J connectivity index is 2.73. The lowest BCUT2D eigenvalue weighted by atomic mass is 10.1. The third-order valence-corrected chi connectivity index (χ3v) is 12.1. The minimum absolute atomic E-state index is 0.0600. The highest BCUT2D eigenvalue weighted by atomic mass is 32.1. The van der Waals surface area contributed by atoms with Crippen molar-refractivity contribution < 1.29 is 19.4 Å². The van der Waals surface area contributed by atoms with Crippen LogP contribution >= 0.6 is 11.3 Å². The second-order valence-corrected chi connectivity index (χ2v) is 16.3. The highest BCUT2D eigenvalue weighted by Gasteiger charge is 2.39. The molecule has 1 aromatic heterocycles. The summed E-state index contributed by atoms with van der Waals surface area (Å²) in [7, 11) is -1.91. The van der Waals surface area contributed by atoms with Crippen LogP contribution in [0, 0.1) is 0 Å². The molecule has 0 aliphatic carbocycles. The van der Waals surface area contributed by atoms with E-state index in [1.807, 2.05) is 11.3 Å². The van der Waals surface area contributed by atoms with Crippen LogP contribution in [0.4, 0.5) is 0 Å². The van der Waals surface area contributed by atoms with Crippen LogP contribution in [0.3, 0.4) is 0 Å². The molecule has 0 aliphatic rings. The van der Waals surface area contributed by atoms with Crippen LogP contribution in [0.25, 0.3) is 0 Å². The molecule has 0 saturated heterocycles. The topological polar surface area (TPSA) is 66.8 Å². The van der Waals surface area contributed by atoms with Crippen LogP contribution in [0.1, 0.15) is 101 Å². The smallest absolute Gasteiger partial charge is 0.303 e. The zero-order chi connectivity index (χ0) is 24.2. The molecule has 2 atom stereocenters. The van der Waals surface area contributed by atoms with Crippen LogP contribution in [0.2, 0.25) is 18.1 Å². The Kier molecular flexibility index (Phi) is 13.0. The molecule has 0 aromatic carbocycles. The number of rotatable bonds is 16. The molecule has 1 aromatic rings. The second kappa shape index (κ2) is 14.3. The number of aliphatic hydroxyl groups is 1. The molecule has 2 unspecified atom stereocenters. The largest absolute Gasteiger partial charge is 0.481 e. The summed E-state index contributed by atoms with van der Waals surface area (Å²) in [5, 5.41) is 18.9. The van der Waals surface area contributed by atoms with Gasteiger partial charge in [-0.25, -0.2) is 0 Å². The number of thiophene rings is 1. The molecule has 1 heterocycles. The van der Waals surface area contributed by atoms with Crippen molar-refractivity contribution in [2.75, 3.05) is 0 Å². The lowest BCUT2D eigenvalue weighted by molar-refractivity contribution is -0.137. The predicted molar refractivity (Wildman–Crippen MR) is 139 cm³/mol. The Bertz CT molecular complexity index is 690. The maximum absolute atomic E-state index is 10.6. The maximum atomic E-state index is 10.6. The summed E-state index contributed by atoms with van der Waals surface area (Å²) < 4.78 is 6.82. The Morgan fingerprint density at radius 1 is 1.12 bits per heavy atom. The summed E-state index contributed by atoms with van der Waals surface area (Å²) >= 11 is 1.85. The Morgan fingerprint density at radius 2 is 1.78 bits per heavy atom. The number of aliphatic hydroxyl groups excluding tert-OH is 1. The van der Waals surface area contributed by atoms with Crippen LogP contribution in [-0.4, -0.2) is 30.6 Å². The number of carboxylic acids is 1. The normalized spacial score (nSPS) is 14.7. The summed E-state index contributed by atoms with van der Waals surface area (Å²) in [5.74, 6) is -0.699. The van der Waals surface area contributed by atoms with Gasteiger partial charge in [-0.2, -0.15) is 0 Å². The van der Waals surface area contributed by atoms with Crippen molar-refractivity contribution in [3.63, 3.8) is 0 Å². The first kappa shape index (κ1) is 29.1. The molecular weight excluding hydrogens is 436 g/mol. The molecular formula is C26H46O4SSi. The van der Waals surface area contributed by atoms with Crippen molar-refractivity contribution in [2.45, 2.75) is 122 Å². The van der Waals surface area contributed by atoms with E-state index in [0.717, 1.165) is 51.4 Å². The van der Waals surface area contributed by atoms with Crippen molar-refractivity contribution >= 4 is 25.6 Å². The van der Waals surface area contributed by atoms with Gasteiger partial charge in [0.25, 0.3) is 0 Å². The highest BCUT2D eigenvalue weighted by Crippen LogP contribution is 2.42. The SMILES string of the molecule is CCCC(O)CC=CCC(O[Si](C)(C)C(C)(C)C)c1ccc(CCCCCCC(=O)O)s1. The average molecular weight is 483 g/mol. The van der Waals surface area contributed by atoms with E-state index in [2.05, 4.69) is 65.1 Å². The van der Waals surface area contributed by atoms with E-state index in [9.17, 15) is 9.90 Å². The van der Waals surface area contributed by atoms with Crippen molar-refractivity contribution in [3.05, 3.63) is 34.0 Å². The minimum Gasteiger partial charge on any atom is -0.481 e. The zero-order valence-electron chi connectivity index (χ0n) is 21.2. The fraction of sp³-hybridized carbons (Fsp3) is 0.731. The van der Waals surface area contributed by atoms with Crippen LogP contribution in [0.15, 0.2) is 24.3 Å². The van der Waals surface area contributed by atoms with Gasteiger partial charge in [0.05, 0.1) is 12.2 Å². The van der Waals surface area contributed by atoms with E-state index in [4.69, 9.17) is 9.53 Å². The Morgan fingerprint density at radius 3 is 2.41 bits per heavy atom. The Labute approximate surface area is 201 Å². The number of aliphatic carboxylic acids is 1. The van der Waals surface area contributed by atoms with Gasteiger partial charge in [0, 0.05) is 16.2 Å². The zero-order valence-corrected chi connectivity index (χ0v) is 23.0. The average Bonchev–Trinajstić information content (AvgIpc) is 3.15. The van der Waals surface area contributed by atoms with E-state index >= 15 is 0 Å². The van der Waals surface area contributed by atoms with E-state index in [0.29, 0.717) is 6.42 Å². The van der Waals surface area contributed by atoms with E-state index in [1.54, 1.807) is 0 Å². The van der Waals surface area contributed by atoms with E-state index in [-0.39, 0.29) is 23.7 Å². The molecule has 0 amide bonds. The van der Waals surface area contributed by atoms with Crippen molar-refractivity contribution in [1.29, 1.82) is 0 Å². The van der Waals surface area contributed by atoms with E-state index < -0.39 is 14.3 Å². The fourth-order valence-corrected chi connectivity index (χ4v) is 5.78. The first-order chi connectivity index (χ1) is 15.0. The lowest BCUT2D eigenvalue weighted by Gasteiger charge is -2.39. The number of carboxylic acid groups (broad SMARTS) is 1. The van der Waals surface area contributed by atoms with Crippen LogP contribution < -0.4 is 0 Å². The van der Waals surface area contributed by atoms with Gasteiger partial charge in [0.2, 0.25) is 0 Å². The molecule has 0 radical (unpaired) electrons. The standard InChI is InChI=1S/C26H46O4SSi/c1-7-14-21(27)15-12-13-17-23(30-32(5,6)26(2,3)4)24-20-19-22(31-24)16-10-8-9-11-18-25(28)29/h12-13,19-21,23,27H,7-11,14-18H2,1-6H3,(H,28,29). The van der Waals surface area contributed by atoms with Crippen molar-refractivity contribution in [3.8, 4) is 0 Å². The van der Waals surface area contributed by atoms with Crippen molar-refractivity contribution in [2.24, 2.45) is 0 Å². The second-order valence-electron chi connectivity index (χ2n) is 10.4. The summed E-state index contributed by atoms with van der Waals surface area (Å²) in [5.41, 5.74) is 0. The highest BCUT2D eigenvalue weighted by molar-refractivity contribution is 7.12. The number of hydrogen-bond acceptors (Lipinski definition) is 4. The molecule has 0 spiro atoms. The van der Waals surface area contributed by atoms with Gasteiger partial charge in [0.15, 0.2) is 8.32 Å². The minimum atomic E-state index is -1.91. The molecule has 0 fully saturated rings. The molecule has 4 nitrogen and oxygen atoms in total. The summed E-state index contributed by atoms with van der Waals surface area (Å²) in [6.07, 6.45) is 12.7. The van der Waals surface area contributed by atoms with Gasteiger partial charge in [-0.15, -0.1) is 11.3 Å². The number of hydrogen-bond donors (Lipinski definition) is 2. The Hall–Kier alpha value is -0.953. The number of aryl methyl sites for hydroxylation is 1. The number of carbonyl (C=O) groups is 1. The maximum Gasteiger partial charge on any atom is 0.303 e. The van der Waals surface area contributed by atoms with Gasteiger partial charge in [-0.1, -0.05) is 59.1 Å². The molecule has 6 heteroatoms. The first-order valence-electron chi connectivity index (χ1n) is 12.3. The van der Waals surface area contributed by atoms with Gasteiger partial charge in [0.1, 0.15) is 0 Å². The van der Waals surface area contributed by atoms with Crippen LogP contribution in [-0.2, 0) is 15.6 Å². The van der Waals surface area contributed by atoms with E-state index in [1.165, 1.54) is 9.75 Å². The fourth-order valence-electron chi connectivity index (χ4n) is 3.31. The first-order valence-corrected chi connectivity index (χ1v) is 16.0. The third-order valence-electron chi connectivity index (χ3n) is 6.35. The lowest BCUT2D eigenvalue weighted by Crippen LogP contribution is -2.41. The molecule has 0 bridgehead atoms. The number of unbranched alkanes of at least 4 members (excludes halogenated alkanes) is 3. The monoisotopic (exact) mass is 482 g/mol. The summed E-state index contributed by atoms with van der Waals surface area (Å²) in [6.45, 7) is 13.5. The summed E-state index contributed by atoms with van der Waals surface area (Å²) in [6, 6.07) is 4.45. The summed E-state index contributed by atoms with van der Waals surface area (Å²) in [4.78, 5) is 13.3. The van der Waals surface area contributed by atoms with Crippen molar-refractivity contribution in [1.82, 2.24) is 0 Å².